The van der Waals surface area contributed by atoms with Crippen molar-refractivity contribution in [2.75, 3.05) is 26.0 Å². The fraction of sp³-hybridized carbons (Fsp3) is 0.400. The first-order valence-electron chi connectivity index (χ1n) is 9.64. The number of ether oxygens (including phenoxy) is 1. The SMILES string of the molecule is COc1ccc(C(=O)N=C2C(=N)N=C(SCC(=O)N3CCCCCC3)NC2=O)cc1. The number of methoxy groups -OCH3 is 1. The van der Waals surface area contributed by atoms with Crippen molar-refractivity contribution in [3.05, 3.63) is 29.8 Å². The van der Waals surface area contributed by atoms with E-state index in [2.05, 4.69) is 15.3 Å². The number of amides is 3. The molecule has 0 saturated carbocycles. The summed E-state index contributed by atoms with van der Waals surface area (Å²) in [5.41, 5.74) is -0.102. The minimum atomic E-state index is -0.693. The second kappa shape index (κ2) is 10.1. The zero-order valence-corrected chi connectivity index (χ0v) is 17.5. The Morgan fingerprint density at radius 2 is 1.87 bits per heavy atom. The normalized spacial score (nSPS) is 18.5. The number of benzene rings is 1. The monoisotopic (exact) mass is 429 g/mol. The number of hydrogen-bond acceptors (Lipinski definition) is 6. The van der Waals surface area contributed by atoms with Gasteiger partial charge in [-0.1, -0.05) is 24.6 Å². The van der Waals surface area contributed by atoms with Crippen LogP contribution in [0.3, 0.4) is 0 Å². The molecule has 1 fully saturated rings. The lowest BCUT2D eigenvalue weighted by Gasteiger charge is -2.20. The quantitative estimate of drug-likeness (QED) is 0.756. The van der Waals surface area contributed by atoms with Crippen LogP contribution >= 0.6 is 11.8 Å². The standard InChI is InChI=1S/C20H23N5O4S/c1-29-14-8-6-13(7-9-14)18(27)22-16-17(21)23-20(24-19(16)28)30-12-15(26)25-10-4-2-3-5-11-25/h6-9H,2-5,10-12H2,1H3,(H2,21,23,24,28). The van der Waals surface area contributed by atoms with Gasteiger partial charge in [0.05, 0.1) is 12.9 Å². The van der Waals surface area contributed by atoms with E-state index in [4.69, 9.17) is 10.1 Å². The molecule has 2 heterocycles. The number of amidine groups is 2. The van der Waals surface area contributed by atoms with Crippen LogP contribution in [0.1, 0.15) is 36.0 Å². The number of carbonyl (C=O) groups excluding carboxylic acids is 3. The van der Waals surface area contributed by atoms with Gasteiger partial charge < -0.3 is 9.64 Å². The summed E-state index contributed by atoms with van der Waals surface area (Å²) in [6.07, 6.45) is 4.27. The molecule has 2 aliphatic rings. The summed E-state index contributed by atoms with van der Waals surface area (Å²) < 4.78 is 5.04. The predicted octanol–water partition coefficient (Wildman–Crippen LogP) is 1.88. The molecule has 3 amide bonds. The van der Waals surface area contributed by atoms with Gasteiger partial charge >= 0.3 is 0 Å². The Labute approximate surface area is 178 Å². The number of nitrogens with one attached hydrogen (secondary N) is 2. The van der Waals surface area contributed by atoms with Crippen LogP contribution in [-0.4, -0.2) is 65.3 Å². The summed E-state index contributed by atoms with van der Waals surface area (Å²) in [7, 11) is 1.51. The molecule has 2 aliphatic heterocycles. The molecule has 0 unspecified atom stereocenters. The Morgan fingerprint density at radius 1 is 1.20 bits per heavy atom. The molecule has 1 aromatic carbocycles. The Bertz CT molecular complexity index is 902. The van der Waals surface area contributed by atoms with Gasteiger partial charge in [0.2, 0.25) is 5.91 Å². The molecule has 2 N–H and O–H groups in total. The van der Waals surface area contributed by atoms with Crippen LogP contribution in [0.25, 0.3) is 0 Å². The summed E-state index contributed by atoms with van der Waals surface area (Å²) in [6.45, 7) is 1.50. The molecular weight excluding hydrogens is 406 g/mol. The highest BCUT2D eigenvalue weighted by molar-refractivity contribution is 8.14. The first-order valence-corrected chi connectivity index (χ1v) is 10.6. The van der Waals surface area contributed by atoms with Crippen LogP contribution in [0, 0.1) is 5.41 Å². The number of nitrogens with zero attached hydrogens (tertiary/aromatic N) is 3. The Hall–Kier alpha value is -3.01. The van der Waals surface area contributed by atoms with E-state index in [1.54, 1.807) is 12.1 Å². The summed E-state index contributed by atoms with van der Waals surface area (Å²) in [4.78, 5) is 46.6. The second-order valence-corrected chi connectivity index (χ2v) is 7.76. The van der Waals surface area contributed by atoms with E-state index in [1.807, 2.05) is 4.90 Å². The van der Waals surface area contributed by atoms with Gasteiger partial charge in [-0.3, -0.25) is 25.1 Å². The summed E-state index contributed by atoms with van der Waals surface area (Å²) in [6, 6.07) is 6.25. The molecule has 3 rings (SSSR count). The molecule has 0 aromatic heterocycles. The van der Waals surface area contributed by atoms with Crippen molar-refractivity contribution in [2.45, 2.75) is 25.7 Å². The minimum absolute atomic E-state index is 0.0143. The maximum absolute atomic E-state index is 12.4. The number of aliphatic imine (C=N–C) groups is 2. The zero-order valence-electron chi connectivity index (χ0n) is 16.6. The van der Waals surface area contributed by atoms with Gasteiger partial charge in [-0.05, 0) is 37.1 Å². The van der Waals surface area contributed by atoms with Crippen molar-refractivity contribution in [3.63, 3.8) is 0 Å². The summed E-state index contributed by atoms with van der Waals surface area (Å²) in [5.74, 6) is -1.06. The molecule has 0 radical (unpaired) electrons. The smallest absolute Gasteiger partial charge is 0.279 e. The number of thioether (sulfide) groups is 1. The minimum Gasteiger partial charge on any atom is -0.497 e. The van der Waals surface area contributed by atoms with Crippen LogP contribution in [0.15, 0.2) is 34.3 Å². The van der Waals surface area contributed by atoms with Gasteiger partial charge in [0.15, 0.2) is 16.7 Å². The molecule has 158 valence electrons. The molecule has 9 nitrogen and oxygen atoms in total. The molecule has 1 aromatic rings. The number of rotatable bonds is 4. The fourth-order valence-electron chi connectivity index (χ4n) is 3.06. The van der Waals surface area contributed by atoms with Crippen molar-refractivity contribution in [1.82, 2.24) is 10.2 Å². The van der Waals surface area contributed by atoms with Gasteiger partial charge in [-0.2, -0.15) is 4.99 Å². The van der Waals surface area contributed by atoms with Crippen LogP contribution in [0.5, 0.6) is 5.75 Å². The maximum Gasteiger partial charge on any atom is 0.279 e. The van der Waals surface area contributed by atoms with E-state index in [9.17, 15) is 14.4 Å². The molecule has 30 heavy (non-hydrogen) atoms. The van der Waals surface area contributed by atoms with Gasteiger partial charge in [-0.25, -0.2) is 4.99 Å². The van der Waals surface area contributed by atoms with Crippen molar-refractivity contribution in [2.24, 2.45) is 9.98 Å². The average molecular weight is 430 g/mol. The third-order valence-electron chi connectivity index (χ3n) is 4.71. The first-order chi connectivity index (χ1) is 14.5. The molecule has 0 bridgehead atoms. The number of likely N-dealkylation sites (tertiary alicyclic amines) is 1. The van der Waals surface area contributed by atoms with Gasteiger partial charge in [0, 0.05) is 18.7 Å². The molecule has 0 spiro atoms. The van der Waals surface area contributed by atoms with E-state index >= 15 is 0 Å². The van der Waals surface area contributed by atoms with Gasteiger partial charge in [0.25, 0.3) is 11.8 Å². The predicted molar refractivity (Wildman–Crippen MR) is 116 cm³/mol. The maximum atomic E-state index is 12.4. The van der Waals surface area contributed by atoms with E-state index in [0.29, 0.717) is 5.75 Å². The highest BCUT2D eigenvalue weighted by Crippen LogP contribution is 2.15. The first kappa shape index (κ1) is 21.7. The van der Waals surface area contributed by atoms with Crippen molar-refractivity contribution >= 4 is 46.2 Å². The fourth-order valence-corrected chi connectivity index (χ4v) is 3.82. The lowest BCUT2D eigenvalue weighted by molar-refractivity contribution is -0.128. The Kier molecular flexibility index (Phi) is 7.34. The van der Waals surface area contributed by atoms with Crippen LogP contribution < -0.4 is 10.1 Å². The van der Waals surface area contributed by atoms with Crippen molar-refractivity contribution < 1.29 is 19.1 Å². The van der Waals surface area contributed by atoms with Gasteiger partial charge in [0.1, 0.15) is 5.75 Å². The summed E-state index contributed by atoms with van der Waals surface area (Å²) in [5, 5.41) is 10.6. The van der Waals surface area contributed by atoms with Crippen LogP contribution in [0.4, 0.5) is 0 Å². The second-order valence-electron chi connectivity index (χ2n) is 6.80. The summed E-state index contributed by atoms with van der Waals surface area (Å²) >= 11 is 1.07. The average Bonchev–Trinajstić information content (AvgIpc) is 3.04. The zero-order chi connectivity index (χ0) is 21.5. The van der Waals surface area contributed by atoms with Crippen molar-refractivity contribution in [3.8, 4) is 5.75 Å². The third-order valence-corrected chi connectivity index (χ3v) is 5.57. The highest BCUT2D eigenvalue weighted by atomic mass is 32.2. The van der Waals surface area contributed by atoms with E-state index in [0.717, 1.165) is 50.5 Å². The molecule has 1 saturated heterocycles. The topological polar surface area (TPSA) is 124 Å². The third kappa shape index (κ3) is 5.53. The largest absolute Gasteiger partial charge is 0.497 e. The van der Waals surface area contributed by atoms with E-state index < -0.39 is 17.6 Å². The molecule has 10 heteroatoms. The van der Waals surface area contributed by atoms with E-state index in [1.165, 1.54) is 19.2 Å². The van der Waals surface area contributed by atoms with Crippen LogP contribution in [-0.2, 0) is 9.59 Å². The van der Waals surface area contributed by atoms with E-state index in [-0.39, 0.29) is 28.1 Å². The number of carbonyl (C=O) groups is 3. The lowest BCUT2D eigenvalue weighted by atomic mass is 10.2. The Morgan fingerprint density at radius 3 is 2.47 bits per heavy atom. The Balaban J connectivity index is 1.62. The molecule has 0 atom stereocenters. The highest BCUT2D eigenvalue weighted by Gasteiger charge is 2.27. The van der Waals surface area contributed by atoms with Crippen molar-refractivity contribution in [1.29, 1.82) is 5.41 Å². The van der Waals surface area contributed by atoms with Gasteiger partial charge in [-0.15, -0.1) is 0 Å². The molecular formula is C20H23N5O4S. The number of hydrogen-bond donors (Lipinski definition) is 2. The van der Waals surface area contributed by atoms with Crippen LogP contribution in [0.2, 0.25) is 0 Å². The lowest BCUT2D eigenvalue weighted by Crippen LogP contribution is -2.44. The molecule has 0 aliphatic carbocycles.